The zero-order chi connectivity index (χ0) is 19.4. The molecule has 1 aliphatic rings. The van der Waals surface area contributed by atoms with Crippen LogP contribution in [0.2, 0.25) is 15.1 Å². The Hall–Kier alpha value is -1.42. The van der Waals surface area contributed by atoms with Crippen molar-refractivity contribution in [1.82, 2.24) is 0 Å². The molecule has 3 nitrogen and oxygen atoms in total. The van der Waals surface area contributed by atoms with Crippen LogP contribution in [-0.2, 0) is 10.2 Å². The van der Waals surface area contributed by atoms with E-state index in [9.17, 15) is 4.79 Å². The first-order valence-electron chi connectivity index (χ1n) is 9.15. The lowest BCUT2D eigenvalue weighted by atomic mass is 9.78. The normalized spacial score (nSPS) is 15.6. The summed E-state index contributed by atoms with van der Waals surface area (Å²) in [5.74, 6) is 0.551. The fourth-order valence-corrected chi connectivity index (χ4v) is 4.46. The van der Waals surface area contributed by atoms with Gasteiger partial charge in [-0.3, -0.25) is 4.79 Å². The summed E-state index contributed by atoms with van der Waals surface area (Å²) in [4.78, 5) is 13.3. The van der Waals surface area contributed by atoms with Crippen molar-refractivity contribution >= 4 is 46.4 Å². The number of rotatable bonds is 6. The number of carbonyl (C=O) groups excluding carboxylic acids is 1. The maximum Gasteiger partial charge on any atom is 0.235 e. The van der Waals surface area contributed by atoms with Crippen LogP contribution < -0.4 is 10.1 Å². The first kappa shape index (κ1) is 20.3. The fraction of sp³-hybridized carbons (Fsp3) is 0.381. The molecule has 27 heavy (non-hydrogen) atoms. The highest BCUT2D eigenvalue weighted by molar-refractivity contribution is 6.35. The fourth-order valence-electron chi connectivity index (χ4n) is 3.63. The molecule has 2 aromatic rings. The van der Waals surface area contributed by atoms with Crippen LogP contribution in [0.3, 0.4) is 0 Å². The van der Waals surface area contributed by atoms with Crippen molar-refractivity contribution in [2.24, 2.45) is 0 Å². The monoisotopic (exact) mass is 425 g/mol. The summed E-state index contributed by atoms with van der Waals surface area (Å²) < 4.78 is 5.59. The zero-order valence-electron chi connectivity index (χ0n) is 15.2. The molecule has 0 spiro atoms. The molecule has 0 saturated heterocycles. The Labute approximate surface area is 175 Å². The lowest BCUT2D eigenvalue weighted by Crippen LogP contribution is -2.38. The number of carbonyl (C=O) groups is 1. The summed E-state index contributed by atoms with van der Waals surface area (Å²) in [6, 6.07) is 10.7. The van der Waals surface area contributed by atoms with Crippen LogP contribution in [0.5, 0.6) is 5.75 Å². The molecule has 0 aromatic heterocycles. The van der Waals surface area contributed by atoms with E-state index in [1.54, 1.807) is 30.3 Å². The van der Waals surface area contributed by atoms with Gasteiger partial charge in [-0.05, 0) is 55.2 Å². The molecule has 1 fully saturated rings. The summed E-state index contributed by atoms with van der Waals surface area (Å²) in [6.07, 6.45) is 4.38. The maximum absolute atomic E-state index is 13.3. The summed E-state index contributed by atoms with van der Waals surface area (Å²) in [5.41, 5.74) is 0.827. The molecule has 0 heterocycles. The van der Waals surface area contributed by atoms with Crippen LogP contribution in [0.1, 0.15) is 44.6 Å². The minimum atomic E-state index is -0.647. The van der Waals surface area contributed by atoms with Crippen LogP contribution >= 0.6 is 34.8 Å². The molecule has 0 radical (unpaired) electrons. The second-order valence-corrected chi connectivity index (χ2v) is 8.11. The Kier molecular flexibility index (Phi) is 6.56. The predicted molar refractivity (Wildman–Crippen MR) is 112 cm³/mol. The van der Waals surface area contributed by atoms with Gasteiger partial charge in [0.15, 0.2) is 0 Å². The molecule has 144 valence electrons. The van der Waals surface area contributed by atoms with Crippen LogP contribution in [0.4, 0.5) is 5.69 Å². The topological polar surface area (TPSA) is 38.3 Å². The smallest absolute Gasteiger partial charge is 0.235 e. The first-order chi connectivity index (χ1) is 13.0. The van der Waals surface area contributed by atoms with Crippen molar-refractivity contribution in [2.75, 3.05) is 11.9 Å². The molecule has 0 bridgehead atoms. The third-order valence-corrected chi connectivity index (χ3v) is 5.83. The summed E-state index contributed by atoms with van der Waals surface area (Å²) in [6.45, 7) is 2.63. The molecule has 0 unspecified atom stereocenters. The highest BCUT2D eigenvalue weighted by atomic mass is 35.5. The van der Waals surface area contributed by atoms with Crippen molar-refractivity contribution in [3.63, 3.8) is 0 Å². The molecule has 0 aliphatic heterocycles. The number of amides is 1. The van der Waals surface area contributed by atoms with E-state index in [0.29, 0.717) is 33.1 Å². The molecule has 6 heteroatoms. The maximum atomic E-state index is 13.3. The van der Waals surface area contributed by atoms with E-state index >= 15 is 0 Å². The van der Waals surface area contributed by atoms with Gasteiger partial charge >= 0.3 is 0 Å². The molecule has 1 aliphatic carbocycles. The van der Waals surface area contributed by atoms with Crippen molar-refractivity contribution in [3.8, 4) is 5.75 Å². The third kappa shape index (κ3) is 4.37. The van der Waals surface area contributed by atoms with Gasteiger partial charge in [-0.1, -0.05) is 60.6 Å². The minimum Gasteiger partial charge on any atom is -0.492 e. The number of nitrogens with one attached hydrogen (secondary N) is 1. The lowest BCUT2D eigenvalue weighted by Gasteiger charge is -2.29. The lowest BCUT2D eigenvalue weighted by molar-refractivity contribution is -0.121. The van der Waals surface area contributed by atoms with Gasteiger partial charge in [-0.2, -0.15) is 0 Å². The van der Waals surface area contributed by atoms with Crippen LogP contribution in [0.25, 0.3) is 0 Å². The van der Waals surface area contributed by atoms with E-state index in [0.717, 1.165) is 37.7 Å². The van der Waals surface area contributed by atoms with E-state index in [4.69, 9.17) is 39.5 Å². The Bertz CT molecular complexity index is 832. The van der Waals surface area contributed by atoms with E-state index in [1.165, 1.54) is 0 Å². The van der Waals surface area contributed by atoms with Gasteiger partial charge in [0.1, 0.15) is 5.75 Å². The Morgan fingerprint density at radius 3 is 2.44 bits per heavy atom. The van der Waals surface area contributed by atoms with E-state index in [2.05, 4.69) is 5.32 Å². The molecular formula is C21H22Cl3NO2. The van der Waals surface area contributed by atoms with E-state index in [1.807, 2.05) is 13.0 Å². The summed E-state index contributed by atoms with van der Waals surface area (Å²) in [5, 5.41) is 4.59. The molecule has 1 amide bonds. The van der Waals surface area contributed by atoms with Crippen LogP contribution in [0, 0.1) is 0 Å². The molecule has 3 rings (SSSR count). The van der Waals surface area contributed by atoms with Crippen molar-refractivity contribution in [3.05, 3.63) is 57.0 Å². The van der Waals surface area contributed by atoms with Gasteiger partial charge in [0.05, 0.1) is 17.0 Å². The quantitative estimate of drug-likeness (QED) is 0.546. The number of halogens is 3. The number of hydrogen-bond donors (Lipinski definition) is 1. The van der Waals surface area contributed by atoms with Crippen molar-refractivity contribution in [2.45, 2.75) is 44.4 Å². The molecule has 1 N–H and O–H groups in total. The van der Waals surface area contributed by atoms with E-state index in [-0.39, 0.29) is 5.91 Å². The zero-order valence-corrected chi connectivity index (χ0v) is 17.4. The summed E-state index contributed by atoms with van der Waals surface area (Å²) >= 11 is 18.8. The predicted octanol–water partition coefficient (Wildman–Crippen LogP) is 6.89. The Morgan fingerprint density at radius 1 is 1.07 bits per heavy atom. The van der Waals surface area contributed by atoms with Gasteiger partial charge < -0.3 is 10.1 Å². The second-order valence-electron chi connectivity index (χ2n) is 6.86. The highest BCUT2D eigenvalue weighted by Gasteiger charge is 2.44. The second kappa shape index (κ2) is 8.72. The van der Waals surface area contributed by atoms with Gasteiger partial charge in [0, 0.05) is 15.7 Å². The summed E-state index contributed by atoms with van der Waals surface area (Å²) in [7, 11) is 0. The Morgan fingerprint density at radius 2 is 1.81 bits per heavy atom. The van der Waals surface area contributed by atoms with E-state index < -0.39 is 5.41 Å². The largest absolute Gasteiger partial charge is 0.492 e. The number of benzene rings is 2. The van der Waals surface area contributed by atoms with Crippen LogP contribution in [-0.4, -0.2) is 12.5 Å². The van der Waals surface area contributed by atoms with Crippen molar-refractivity contribution in [1.29, 1.82) is 0 Å². The molecule has 0 atom stereocenters. The standard InChI is InChI=1S/C21H22Cl3NO2/c1-2-11-27-19-8-6-15(13-18(19)24)25-20(26)21(9-3-4-10-21)16-7-5-14(22)12-17(16)23/h5-8,12-13H,2-4,9-11H2,1H3,(H,25,26). The first-order valence-corrected chi connectivity index (χ1v) is 10.3. The van der Waals surface area contributed by atoms with Crippen LogP contribution in [0.15, 0.2) is 36.4 Å². The average molecular weight is 427 g/mol. The SMILES string of the molecule is CCCOc1ccc(NC(=O)C2(c3ccc(Cl)cc3Cl)CCCC2)cc1Cl. The Balaban J connectivity index is 1.85. The number of hydrogen-bond acceptors (Lipinski definition) is 2. The van der Waals surface area contributed by atoms with Gasteiger partial charge in [-0.15, -0.1) is 0 Å². The van der Waals surface area contributed by atoms with Gasteiger partial charge in [0.2, 0.25) is 5.91 Å². The van der Waals surface area contributed by atoms with Gasteiger partial charge in [0.25, 0.3) is 0 Å². The molecule has 2 aromatic carbocycles. The molecular weight excluding hydrogens is 405 g/mol. The average Bonchev–Trinajstić information content (AvgIpc) is 3.12. The number of anilines is 1. The molecule has 1 saturated carbocycles. The number of ether oxygens (including phenoxy) is 1. The van der Waals surface area contributed by atoms with Crippen molar-refractivity contribution < 1.29 is 9.53 Å². The third-order valence-electron chi connectivity index (χ3n) is 4.99. The highest BCUT2D eigenvalue weighted by Crippen LogP contribution is 2.45. The minimum absolute atomic E-state index is 0.0671. The van der Waals surface area contributed by atoms with Gasteiger partial charge in [-0.25, -0.2) is 0 Å².